The molecule has 3 aromatic rings. The molecule has 0 saturated heterocycles. The summed E-state index contributed by atoms with van der Waals surface area (Å²) in [4.78, 5) is 6.71. The molecule has 0 unspecified atom stereocenters. The van der Waals surface area contributed by atoms with Crippen molar-refractivity contribution in [1.29, 1.82) is 0 Å². The molecule has 0 atom stereocenters. The molecule has 0 amide bonds. The molecule has 124 valence electrons. The SMILES string of the molecule is Cc1ccc2c(c1)c1c(n2CCc2cccnc2)CCN(C)CC1. The van der Waals surface area contributed by atoms with Gasteiger partial charge in [0.05, 0.1) is 0 Å². The minimum Gasteiger partial charge on any atom is -0.344 e. The summed E-state index contributed by atoms with van der Waals surface area (Å²) < 4.78 is 2.57. The van der Waals surface area contributed by atoms with Crippen LogP contribution in [0.1, 0.15) is 22.4 Å². The van der Waals surface area contributed by atoms with E-state index in [0.29, 0.717) is 0 Å². The van der Waals surface area contributed by atoms with E-state index in [4.69, 9.17) is 0 Å². The third-order valence-corrected chi connectivity index (χ3v) is 5.26. The van der Waals surface area contributed by atoms with Gasteiger partial charge in [0.2, 0.25) is 0 Å². The van der Waals surface area contributed by atoms with Gasteiger partial charge in [0.25, 0.3) is 0 Å². The van der Waals surface area contributed by atoms with E-state index in [2.05, 4.69) is 52.7 Å². The highest BCUT2D eigenvalue weighted by Crippen LogP contribution is 2.30. The molecule has 1 aliphatic heterocycles. The highest BCUT2D eigenvalue weighted by atomic mass is 15.1. The second-order valence-electron chi connectivity index (χ2n) is 7.01. The first-order chi connectivity index (χ1) is 11.7. The van der Waals surface area contributed by atoms with Crippen LogP contribution < -0.4 is 0 Å². The van der Waals surface area contributed by atoms with E-state index in [0.717, 1.165) is 38.9 Å². The highest BCUT2D eigenvalue weighted by molar-refractivity contribution is 5.86. The third-order valence-electron chi connectivity index (χ3n) is 5.26. The molecule has 3 heteroatoms. The topological polar surface area (TPSA) is 21.1 Å². The van der Waals surface area contributed by atoms with Crippen molar-refractivity contribution in [3.05, 3.63) is 65.1 Å². The largest absolute Gasteiger partial charge is 0.344 e. The van der Waals surface area contributed by atoms with E-state index in [1.165, 1.54) is 22.0 Å². The van der Waals surface area contributed by atoms with Crippen LogP contribution in [0.5, 0.6) is 0 Å². The lowest BCUT2D eigenvalue weighted by molar-refractivity contribution is 0.351. The van der Waals surface area contributed by atoms with Gasteiger partial charge in [0.15, 0.2) is 0 Å². The van der Waals surface area contributed by atoms with Crippen LogP contribution in [-0.2, 0) is 25.8 Å². The van der Waals surface area contributed by atoms with E-state index in [1.807, 2.05) is 18.5 Å². The fourth-order valence-corrected chi connectivity index (χ4v) is 3.91. The number of aryl methyl sites for hydroxylation is 3. The Labute approximate surface area is 143 Å². The molecule has 0 bridgehead atoms. The molecule has 1 aliphatic rings. The van der Waals surface area contributed by atoms with E-state index < -0.39 is 0 Å². The van der Waals surface area contributed by atoms with Gasteiger partial charge < -0.3 is 9.47 Å². The summed E-state index contributed by atoms with van der Waals surface area (Å²) in [6.07, 6.45) is 7.17. The Kier molecular flexibility index (Phi) is 4.11. The minimum atomic E-state index is 1.03. The Balaban J connectivity index is 1.76. The van der Waals surface area contributed by atoms with Crippen LogP contribution in [0.25, 0.3) is 10.9 Å². The number of rotatable bonds is 3. The predicted molar refractivity (Wildman–Crippen MR) is 99.5 cm³/mol. The number of hydrogen-bond acceptors (Lipinski definition) is 2. The molecular formula is C21H25N3. The summed E-state index contributed by atoms with van der Waals surface area (Å²) in [5.41, 5.74) is 7.19. The molecule has 0 fully saturated rings. The van der Waals surface area contributed by atoms with Gasteiger partial charge in [-0.1, -0.05) is 17.7 Å². The molecule has 0 spiro atoms. The summed E-state index contributed by atoms with van der Waals surface area (Å²) in [7, 11) is 2.24. The van der Waals surface area contributed by atoms with Crippen molar-refractivity contribution in [2.45, 2.75) is 32.7 Å². The third kappa shape index (κ3) is 2.84. The Morgan fingerprint density at radius 2 is 2.00 bits per heavy atom. The van der Waals surface area contributed by atoms with Crippen molar-refractivity contribution in [3.63, 3.8) is 0 Å². The van der Waals surface area contributed by atoms with Crippen LogP contribution in [0.3, 0.4) is 0 Å². The van der Waals surface area contributed by atoms with Gasteiger partial charge in [-0.25, -0.2) is 0 Å². The number of hydrogen-bond donors (Lipinski definition) is 0. The van der Waals surface area contributed by atoms with Crippen LogP contribution in [0.4, 0.5) is 0 Å². The molecule has 24 heavy (non-hydrogen) atoms. The maximum Gasteiger partial charge on any atom is 0.0485 e. The molecule has 3 heterocycles. The van der Waals surface area contributed by atoms with Crippen LogP contribution in [0.2, 0.25) is 0 Å². The number of pyridine rings is 1. The van der Waals surface area contributed by atoms with Crippen molar-refractivity contribution in [2.24, 2.45) is 0 Å². The Morgan fingerprint density at radius 3 is 2.83 bits per heavy atom. The summed E-state index contributed by atoms with van der Waals surface area (Å²) in [5, 5.41) is 1.46. The normalized spacial score (nSPS) is 15.4. The van der Waals surface area contributed by atoms with Gasteiger partial charge in [-0.2, -0.15) is 0 Å². The molecule has 0 radical (unpaired) electrons. The van der Waals surface area contributed by atoms with Crippen molar-refractivity contribution in [2.75, 3.05) is 20.1 Å². The molecule has 2 aromatic heterocycles. The van der Waals surface area contributed by atoms with Gasteiger partial charge in [0.1, 0.15) is 0 Å². The second kappa shape index (κ2) is 6.40. The van der Waals surface area contributed by atoms with Gasteiger partial charge in [-0.15, -0.1) is 0 Å². The smallest absolute Gasteiger partial charge is 0.0485 e. The van der Waals surface area contributed by atoms with E-state index in [9.17, 15) is 0 Å². The first-order valence-electron chi connectivity index (χ1n) is 8.90. The molecule has 0 aliphatic carbocycles. The van der Waals surface area contributed by atoms with Gasteiger partial charge in [-0.3, -0.25) is 4.98 Å². The molecule has 0 saturated carbocycles. The lowest BCUT2D eigenvalue weighted by Crippen LogP contribution is -2.21. The van der Waals surface area contributed by atoms with Crippen LogP contribution in [0, 0.1) is 6.92 Å². The second-order valence-corrected chi connectivity index (χ2v) is 7.01. The van der Waals surface area contributed by atoms with E-state index in [-0.39, 0.29) is 0 Å². The number of benzene rings is 1. The predicted octanol–water partition coefficient (Wildman–Crippen LogP) is 3.62. The summed E-state index contributed by atoms with van der Waals surface area (Å²) in [6.45, 7) is 5.53. The van der Waals surface area contributed by atoms with E-state index in [1.54, 1.807) is 11.3 Å². The highest BCUT2D eigenvalue weighted by Gasteiger charge is 2.20. The Bertz CT molecular complexity index is 848. The van der Waals surface area contributed by atoms with Crippen molar-refractivity contribution in [3.8, 4) is 0 Å². The van der Waals surface area contributed by atoms with Gasteiger partial charge in [-0.05, 0) is 56.1 Å². The lowest BCUT2D eigenvalue weighted by Gasteiger charge is -2.14. The Morgan fingerprint density at radius 1 is 1.12 bits per heavy atom. The monoisotopic (exact) mass is 319 g/mol. The fraction of sp³-hybridized carbons (Fsp3) is 0.381. The average molecular weight is 319 g/mol. The average Bonchev–Trinajstić information content (AvgIpc) is 2.74. The molecule has 0 N–H and O–H groups in total. The first kappa shape index (κ1) is 15.4. The van der Waals surface area contributed by atoms with Crippen molar-refractivity contribution >= 4 is 10.9 Å². The van der Waals surface area contributed by atoms with Gasteiger partial charge >= 0.3 is 0 Å². The zero-order valence-electron chi connectivity index (χ0n) is 14.6. The number of likely N-dealkylation sites (N-methyl/N-ethyl adjacent to an activating group) is 1. The molecule has 4 rings (SSSR count). The maximum absolute atomic E-state index is 4.26. The number of aromatic nitrogens is 2. The van der Waals surface area contributed by atoms with Gasteiger partial charge in [0, 0.05) is 55.0 Å². The minimum absolute atomic E-state index is 1.03. The summed E-state index contributed by atoms with van der Waals surface area (Å²) in [6, 6.07) is 11.1. The fourth-order valence-electron chi connectivity index (χ4n) is 3.91. The zero-order valence-corrected chi connectivity index (χ0v) is 14.6. The van der Waals surface area contributed by atoms with Crippen LogP contribution in [0.15, 0.2) is 42.7 Å². The quantitative estimate of drug-likeness (QED) is 0.735. The lowest BCUT2D eigenvalue weighted by atomic mass is 10.1. The molecule has 3 nitrogen and oxygen atoms in total. The zero-order chi connectivity index (χ0) is 16.5. The number of nitrogens with zero attached hydrogens (tertiary/aromatic N) is 3. The number of fused-ring (bicyclic) bond motifs is 3. The maximum atomic E-state index is 4.26. The first-order valence-corrected chi connectivity index (χ1v) is 8.90. The Hall–Kier alpha value is -2.13. The summed E-state index contributed by atoms with van der Waals surface area (Å²) >= 11 is 0. The molecular weight excluding hydrogens is 294 g/mol. The summed E-state index contributed by atoms with van der Waals surface area (Å²) in [5.74, 6) is 0. The molecule has 1 aromatic carbocycles. The van der Waals surface area contributed by atoms with Crippen LogP contribution in [-0.4, -0.2) is 34.6 Å². The van der Waals surface area contributed by atoms with Crippen molar-refractivity contribution < 1.29 is 0 Å². The van der Waals surface area contributed by atoms with Crippen LogP contribution >= 0.6 is 0 Å². The standard InChI is InChI=1S/C21H25N3/c1-16-5-6-20-19(14-16)18-8-11-23(2)12-9-21(18)24(20)13-7-17-4-3-10-22-15-17/h3-6,10,14-15H,7-9,11-13H2,1-2H3. The van der Waals surface area contributed by atoms with E-state index >= 15 is 0 Å². The van der Waals surface area contributed by atoms with Crippen molar-refractivity contribution in [1.82, 2.24) is 14.5 Å².